The Morgan fingerprint density at radius 2 is 1.92 bits per heavy atom. The molecular weight excluding hydrogens is 332 g/mol. The van der Waals surface area contributed by atoms with E-state index >= 15 is 0 Å². The third-order valence-electron chi connectivity index (χ3n) is 3.87. The number of carbonyl (C=O) groups excluding carboxylic acids is 1. The summed E-state index contributed by atoms with van der Waals surface area (Å²) in [6.45, 7) is 7.45. The van der Waals surface area contributed by atoms with Crippen molar-refractivity contribution in [2.45, 2.75) is 13.8 Å². The van der Waals surface area contributed by atoms with Crippen molar-refractivity contribution in [2.24, 2.45) is 0 Å². The molecule has 130 valence electrons. The van der Waals surface area contributed by atoms with Crippen LogP contribution in [-0.4, -0.2) is 53.9 Å². The van der Waals surface area contributed by atoms with E-state index in [1.54, 1.807) is 11.9 Å². The van der Waals surface area contributed by atoms with Crippen LogP contribution < -0.4 is 0 Å². The molecule has 1 aromatic heterocycles. The summed E-state index contributed by atoms with van der Waals surface area (Å²) in [4.78, 5) is 20.9. The van der Waals surface area contributed by atoms with Gasteiger partial charge in [0.25, 0.3) is 5.91 Å². The van der Waals surface area contributed by atoms with Crippen molar-refractivity contribution < 1.29 is 13.6 Å². The Morgan fingerprint density at radius 3 is 2.54 bits per heavy atom. The Hall–Kier alpha value is -1.86. The molecule has 0 radical (unpaired) electrons. The molecule has 2 aromatic rings. The maximum atomic E-state index is 13.8. The predicted molar refractivity (Wildman–Crippen MR) is 92.2 cm³/mol. The fourth-order valence-corrected chi connectivity index (χ4v) is 3.22. The van der Waals surface area contributed by atoms with Crippen LogP contribution >= 0.6 is 11.3 Å². The maximum Gasteiger partial charge on any atom is 0.265 e. The molecule has 1 aromatic carbocycles. The lowest BCUT2D eigenvalue weighted by Gasteiger charge is -2.22. The summed E-state index contributed by atoms with van der Waals surface area (Å²) < 4.78 is 26.8. The first-order valence-electron chi connectivity index (χ1n) is 7.85. The Bertz CT molecular complexity index is 701. The zero-order valence-electron chi connectivity index (χ0n) is 14.1. The van der Waals surface area contributed by atoms with E-state index in [4.69, 9.17) is 0 Å². The summed E-state index contributed by atoms with van der Waals surface area (Å²) in [5.41, 5.74) is 0.200. The van der Waals surface area contributed by atoms with E-state index in [0.717, 1.165) is 37.0 Å². The first-order chi connectivity index (χ1) is 11.5. The summed E-state index contributed by atoms with van der Waals surface area (Å²) in [6.07, 6.45) is 1.44. The van der Waals surface area contributed by atoms with E-state index in [9.17, 15) is 13.6 Å². The van der Waals surface area contributed by atoms with Crippen molar-refractivity contribution in [3.63, 3.8) is 0 Å². The molecule has 24 heavy (non-hydrogen) atoms. The van der Waals surface area contributed by atoms with Crippen molar-refractivity contribution in [1.82, 2.24) is 14.8 Å². The molecule has 7 heteroatoms. The van der Waals surface area contributed by atoms with Crippen LogP contribution in [-0.2, 0) is 0 Å². The average Bonchev–Trinajstić information content (AvgIpc) is 3.04. The number of likely N-dealkylation sites (N-methyl/N-ethyl adjacent to an activating group) is 2. The van der Waals surface area contributed by atoms with E-state index in [2.05, 4.69) is 23.7 Å². The van der Waals surface area contributed by atoms with Gasteiger partial charge in [-0.05, 0) is 25.2 Å². The lowest BCUT2D eigenvalue weighted by molar-refractivity contribution is 0.0784. The molecule has 0 unspecified atom stereocenters. The maximum absolute atomic E-state index is 13.8. The van der Waals surface area contributed by atoms with E-state index < -0.39 is 11.6 Å². The number of hydrogen-bond acceptors (Lipinski definition) is 4. The summed E-state index contributed by atoms with van der Waals surface area (Å²) in [5, 5.41) is 0.369. The molecule has 1 heterocycles. The van der Waals surface area contributed by atoms with Crippen LogP contribution in [0.25, 0.3) is 10.6 Å². The van der Waals surface area contributed by atoms with Gasteiger partial charge in [-0.2, -0.15) is 0 Å². The van der Waals surface area contributed by atoms with Crippen molar-refractivity contribution in [2.75, 3.05) is 33.2 Å². The highest BCUT2D eigenvalue weighted by atomic mass is 32.1. The van der Waals surface area contributed by atoms with Gasteiger partial charge in [0.2, 0.25) is 0 Å². The Kier molecular flexibility index (Phi) is 6.39. The minimum atomic E-state index is -0.682. The molecule has 0 aliphatic carbocycles. The van der Waals surface area contributed by atoms with E-state index in [1.807, 2.05) is 0 Å². The van der Waals surface area contributed by atoms with Gasteiger partial charge in [-0.1, -0.05) is 13.8 Å². The molecule has 0 saturated heterocycles. The topological polar surface area (TPSA) is 36.4 Å². The number of carbonyl (C=O) groups is 1. The number of amides is 1. The SMILES string of the molecule is CCN(CC)CCN(C)C(=O)c1cnc(-c2ccc(F)cc2F)s1. The highest BCUT2D eigenvalue weighted by Gasteiger charge is 2.18. The number of halogens is 2. The third-order valence-corrected chi connectivity index (χ3v) is 4.89. The largest absolute Gasteiger partial charge is 0.340 e. The zero-order chi connectivity index (χ0) is 17.7. The van der Waals surface area contributed by atoms with Crippen LogP contribution in [0.2, 0.25) is 0 Å². The van der Waals surface area contributed by atoms with Crippen LogP contribution in [0.4, 0.5) is 8.78 Å². The highest BCUT2D eigenvalue weighted by molar-refractivity contribution is 7.16. The van der Waals surface area contributed by atoms with Gasteiger partial charge in [0.1, 0.15) is 21.5 Å². The second-order valence-corrected chi connectivity index (χ2v) is 6.44. The molecule has 0 atom stereocenters. The minimum Gasteiger partial charge on any atom is -0.340 e. The fraction of sp³-hybridized carbons (Fsp3) is 0.412. The summed E-state index contributed by atoms with van der Waals surface area (Å²) >= 11 is 1.11. The van der Waals surface area contributed by atoms with Gasteiger partial charge in [-0.3, -0.25) is 4.79 Å². The lowest BCUT2D eigenvalue weighted by atomic mass is 10.2. The van der Waals surface area contributed by atoms with Crippen LogP contribution in [0.3, 0.4) is 0 Å². The fourth-order valence-electron chi connectivity index (χ4n) is 2.28. The Morgan fingerprint density at radius 1 is 1.21 bits per heavy atom. The quantitative estimate of drug-likeness (QED) is 0.764. The standard InChI is InChI=1S/C17H21F2N3OS/c1-4-22(5-2)9-8-21(3)17(23)15-11-20-16(24-15)13-7-6-12(18)10-14(13)19/h6-7,10-11H,4-5,8-9H2,1-3H3. The van der Waals surface area contributed by atoms with Gasteiger partial charge < -0.3 is 9.80 Å². The first-order valence-corrected chi connectivity index (χ1v) is 8.67. The van der Waals surface area contributed by atoms with Gasteiger partial charge in [-0.15, -0.1) is 11.3 Å². The molecule has 2 rings (SSSR count). The normalized spacial score (nSPS) is 11.1. The Balaban J connectivity index is 2.07. The molecule has 0 bridgehead atoms. The van der Waals surface area contributed by atoms with E-state index in [1.165, 1.54) is 18.3 Å². The average molecular weight is 353 g/mol. The summed E-state index contributed by atoms with van der Waals surface area (Å²) in [5.74, 6) is -1.47. The number of rotatable bonds is 7. The number of hydrogen-bond donors (Lipinski definition) is 0. The molecule has 0 fully saturated rings. The number of nitrogens with zero attached hydrogens (tertiary/aromatic N) is 3. The number of benzene rings is 1. The van der Waals surface area contributed by atoms with Crippen LogP contribution in [0.15, 0.2) is 24.4 Å². The number of thiazole rings is 1. The monoisotopic (exact) mass is 353 g/mol. The first kappa shape index (κ1) is 18.5. The predicted octanol–water partition coefficient (Wildman–Crippen LogP) is 3.50. The van der Waals surface area contributed by atoms with Gasteiger partial charge in [0, 0.05) is 31.8 Å². The molecular formula is C17H21F2N3OS. The Labute approximate surface area is 144 Å². The van der Waals surface area contributed by atoms with Gasteiger partial charge in [-0.25, -0.2) is 13.8 Å². The van der Waals surface area contributed by atoms with Crippen molar-refractivity contribution in [1.29, 1.82) is 0 Å². The molecule has 1 amide bonds. The molecule has 4 nitrogen and oxygen atoms in total. The molecule has 0 aliphatic rings. The molecule has 0 spiro atoms. The van der Waals surface area contributed by atoms with Crippen LogP contribution in [0, 0.1) is 11.6 Å². The molecule has 0 N–H and O–H groups in total. The molecule has 0 saturated carbocycles. The molecule has 0 aliphatic heterocycles. The summed E-state index contributed by atoms with van der Waals surface area (Å²) in [7, 11) is 1.74. The minimum absolute atomic E-state index is 0.145. The smallest absolute Gasteiger partial charge is 0.265 e. The lowest BCUT2D eigenvalue weighted by Crippen LogP contribution is -2.36. The van der Waals surface area contributed by atoms with Crippen molar-refractivity contribution >= 4 is 17.2 Å². The van der Waals surface area contributed by atoms with Gasteiger partial charge >= 0.3 is 0 Å². The second-order valence-electron chi connectivity index (χ2n) is 5.41. The van der Waals surface area contributed by atoms with Crippen LogP contribution in [0.5, 0.6) is 0 Å². The second kappa shape index (κ2) is 8.30. The number of aromatic nitrogens is 1. The van der Waals surface area contributed by atoms with Gasteiger partial charge in [0.15, 0.2) is 0 Å². The van der Waals surface area contributed by atoms with Crippen molar-refractivity contribution in [3.05, 3.63) is 40.9 Å². The third kappa shape index (κ3) is 4.36. The van der Waals surface area contributed by atoms with E-state index in [-0.39, 0.29) is 11.5 Å². The zero-order valence-corrected chi connectivity index (χ0v) is 14.9. The highest BCUT2D eigenvalue weighted by Crippen LogP contribution is 2.28. The van der Waals surface area contributed by atoms with Gasteiger partial charge in [0.05, 0.1) is 6.20 Å². The van der Waals surface area contributed by atoms with E-state index in [0.29, 0.717) is 16.4 Å². The summed E-state index contributed by atoms with van der Waals surface area (Å²) in [6, 6.07) is 3.33. The van der Waals surface area contributed by atoms with Crippen molar-refractivity contribution in [3.8, 4) is 10.6 Å². The van der Waals surface area contributed by atoms with Crippen LogP contribution in [0.1, 0.15) is 23.5 Å².